The first-order chi connectivity index (χ1) is 15.1. The molecule has 1 aromatic carbocycles. The zero-order chi connectivity index (χ0) is 21.4. The van der Waals surface area contributed by atoms with Gasteiger partial charge in [0.15, 0.2) is 5.82 Å². The molecule has 0 spiro atoms. The maximum Gasteiger partial charge on any atom is 0.320 e. The summed E-state index contributed by atoms with van der Waals surface area (Å²) in [5.74, 6) is 3.40. The maximum atomic E-state index is 6.11. The summed E-state index contributed by atoms with van der Waals surface area (Å²) in [7, 11) is 0. The molecule has 1 aliphatic carbocycles. The van der Waals surface area contributed by atoms with Gasteiger partial charge >= 0.3 is 6.01 Å². The van der Waals surface area contributed by atoms with E-state index in [-0.39, 0.29) is 0 Å². The van der Waals surface area contributed by atoms with Crippen molar-refractivity contribution in [2.75, 3.05) is 18.0 Å². The van der Waals surface area contributed by atoms with E-state index < -0.39 is 0 Å². The van der Waals surface area contributed by atoms with Crippen molar-refractivity contribution in [1.29, 1.82) is 0 Å². The van der Waals surface area contributed by atoms with E-state index in [2.05, 4.69) is 16.0 Å². The highest BCUT2D eigenvalue weighted by Gasteiger charge is 2.42. The number of benzene rings is 1. The van der Waals surface area contributed by atoms with Gasteiger partial charge in [-0.3, -0.25) is 0 Å². The van der Waals surface area contributed by atoms with Gasteiger partial charge in [-0.1, -0.05) is 29.3 Å². The molecule has 2 aromatic heterocycles. The second kappa shape index (κ2) is 8.67. The maximum absolute atomic E-state index is 6.11. The number of pyridine rings is 1. The molecule has 0 radical (unpaired) electrons. The molecule has 6 nitrogen and oxygen atoms in total. The largest absolute Gasteiger partial charge is 0.424 e. The van der Waals surface area contributed by atoms with Crippen LogP contribution in [-0.4, -0.2) is 32.8 Å². The normalized spacial score (nSPS) is 22.7. The Morgan fingerprint density at radius 1 is 1.10 bits per heavy atom. The number of nitrogens with zero attached hydrogens (tertiary/aromatic N) is 5. The second-order valence-corrected chi connectivity index (χ2v) is 9.22. The van der Waals surface area contributed by atoms with E-state index >= 15 is 0 Å². The number of halogens is 2. The van der Waals surface area contributed by atoms with Gasteiger partial charge in [0.2, 0.25) is 0 Å². The van der Waals surface area contributed by atoms with Gasteiger partial charge in [-0.05, 0) is 67.9 Å². The van der Waals surface area contributed by atoms with Crippen LogP contribution in [0.2, 0.25) is 10.2 Å². The summed E-state index contributed by atoms with van der Waals surface area (Å²) in [5.41, 5.74) is 1.17. The summed E-state index contributed by atoms with van der Waals surface area (Å²) in [4.78, 5) is 11.3. The number of anilines is 1. The Hall–Kier alpha value is -2.31. The molecule has 162 valence electrons. The molecule has 2 aliphatic rings. The number of ether oxygens (including phenoxy) is 1. The SMILES string of the molecule is CCn1nc(CC2C3CCC2CN(c2ccnc(Cl)c2)C3)nc1Oc1cccc(Cl)c1. The van der Waals surface area contributed by atoms with Crippen LogP contribution in [0, 0.1) is 17.8 Å². The van der Waals surface area contributed by atoms with Crippen LogP contribution in [0.4, 0.5) is 5.69 Å². The van der Waals surface area contributed by atoms with Gasteiger partial charge in [0.05, 0.1) is 0 Å². The molecule has 0 N–H and O–H groups in total. The minimum absolute atomic E-state index is 0.524. The standard InChI is InChI=1S/C23H25Cl2N5O/c1-2-30-23(31-19-5-3-4-17(24)10-19)27-22(28-30)12-20-15-6-7-16(20)14-29(13-15)18-8-9-26-21(25)11-18/h3-5,8-11,15-16,20H,2,6-7,12-14H2,1H3. The Labute approximate surface area is 192 Å². The zero-order valence-corrected chi connectivity index (χ0v) is 18.9. The monoisotopic (exact) mass is 457 g/mol. The smallest absolute Gasteiger partial charge is 0.320 e. The molecule has 1 aliphatic heterocycles. The van der Waals surface area contributed by atoms with Crippen LogP contribution in [0.5, 0.6) is 11.8 Å². The van der Waals surface area contributed by atoms with Crippen LogP contribution in [0.25, 0.3) is 0 Å². The first kappa shape index (κ1) is 20.6. The molecule has 0 amide bonds. The Kier molecular flexibility index (Phi) is 5.76. The number of hydrogen-bond acceptors (Lipinski definition) is 5. The van der Waals surface area contributed by atoms with Crippen LogP contribution >= 0.6 is 23.2 Å². The number of hydrogen-bond donors (Lipinski definition) is 0. The lowest BCUT2D eigenvalue weighted by Gasteiger charge is -2.39. The van der Waals surface area contributed by atoms with E-state index in [4.69, 9.17) is 38.0 Å². The first-order valence-corrected chi connectivity index (χ1v) is 11.6. The molecule has 2 unspecified atom stereocenters. The third-order valence-corrected chi connectivity index (χ3v) is 6.95. The van der Waals surface area contributed by atoms with Gasteiger partial charge in [-0.2, -0.15) is 10.1 Å². The lowest BCUT2D eigenvalue weighted by molar-refractivity contribution is 0.265. The highest BCUT2D eigenvalue weighted by atomic mass is 35.5. The van der Waals surface area contributed by atoms with Gasteiger partial charge in [-0.15, -0.1) is 0 Å². The highest BCUT2D eigenvalue weighted by Crippen LogP contribution is 2.44. The minimum atomic E-state index is 0.524. The van der Waals surface area contributed by atoms with E-state index in [1.165, 1.54) is 18.5 Å². The molecule has 2 fully saturated rings. The number of piperidine rings is 1. The first-order valence-electron chi connectivity index (χ1n) is 10.8. The van der Waals surface area contributed by atoms with E-state index in [0.717, 1.165) is 25.3 Å². The van der Waals surface area contributed by atoms with Gasteiger partial charge < -0.3 is 9.64 Å². The third-order valence-electron chi connectivity index (χ3n) is 6.51. The van der Waals surface area contributed by atoms with Crippen molar-refractivity contribution >= 4 is 28.9 Å². The van der Waals surface area contributed by atoms with Crippen molar-refractivity contribution < 1.29 is 4.74 Å². The molecule has 2 atom stereocenters. The van der Waals surface area contributed by atoms with Crippen LogP contribution in [0.3, 0.4) is 0 Å². The van der Waals surface area contributed by atoms with Crippen molar-refractivity contribution in [3.8, 4) is 11.8 Å². The van der Waals surface area contributed by atoms with E-state index in [0.29, 0.717) is 46.2 Å². The summed E-state index contributed by atoms with van der Waals surface area (Å²) in [5, 5.41) is 5.92. The average molecular weight is 458 g/mol. The summed E-state index contributed by atoms with van der Waals surface area (Å²) >= 11 is 12.2. The van der Waals surface area contributed by atoms with Crippen LogP contribution in [-0.2, 0) is 13.0 Å². The molecule has 5 rings (SSSR count). The summed E-state index contributed by atoms with van der Waals surface area (Å²) in [6.45, 7) is 4.84. The van der Waals surface area contributed by atoms with E-state index in [1.807, 2.05) is 35.9 Å². The molecule has 8 heteroatoms. The summed E-state index contributed by atoms with van der Waals surface area (Å²) in [6.07, 6.45) is 5.18. The molecule has 3 aromatic rings. The molecule has 1 saturated carbocycles. The zero-order valence-electron chi connectivity index (χ0n) is 17.4. The van der Waals surface area contributed by atoms with Crippen molar-refractivity contribution in [3.63, 3.8) is 0 Å². The Morgan fingerprint density at radius 3 is 2.61 bits per heavy atom. The third kappa shape index (κ3) is 4.37. The van der Waals surface area contributed by atoms with Crippen LogP contribution < -0.4 is 9.64 Å². The van der Waals surface area contributed by atoms with Gasteiger partial charge in [-0.25, -0.2) is 9.67 Å². The topological polar surface area (TPSA) is 56.1 Å². The number of aromatic nitrogens is 4. The van der Waals surface area contributed by atoms with Crippen molar-refractivity contribution in [1.82, 2.24) is 19.7 Å². The molecule has 31 heavy (non-hydrogen) atoms. The fourth-order valence-electron chi connectivity index (χ4n) is 5.06. The summed E-state index contributed by atoms with van der Waals surface area (Å²) < 4.78 is 7.81. The Morgan fingerprint density at radius 2 is 1.90 bits per heavy atom. The highest BCUT2D eigenvalue weighted by molar-refractivity contribution is 6.30. The Bertz CT molecular complexity index is 1060. The van der Waals surface area contributed by atoms with Crippen LogP contribution in [0.15, 0.2) is 42.6 Å². The Balaban J connectivity index is 1.30. The predicted octanol–water partition coefficient (Wildman–Crippen LogP) is 5.50. The number of aryl methyl sites for hydroxylation is 1. The molecule has 3 heterocycles. The van der Waals surface area contributed by atoms with Crippen LogP contribution in [0.1, 0.15) is 25.6 Å². The van der Waals surface area contributed by atoms with Gasteiger partial charge in [0.25, 0.3) is 0 Å². The summed E-state index contributed by atoms with van der Waals surface area (Å²) in [6, 6.07) is 11.9. The minimum Gasteiger partial charge on any atom is -0.424 e. The van der Waals surface area contributed by atoms with E-state index in [9.17, 15) is 0 Å². The van der Waals surface area contributed by atoms with Crippen molar-refractivity contribution in [3.05, 3.63) is 58.6 Å². The second-order valence-electron chi connectivity index (χ2n) is 8.39. The molecule has 2 bridgehead atoms. The molecule has 1 saturated heterocycles. The van der Waals surface area contributed by atoms with Gasteiger partial charge in [0.1, 0.15) is 10.9 Å². The fraction of sp³-hybridized carbons (Fsp3) is 0.435. The quantitative estimate of drug-likeness (QED) is 0.457. The molecular formula is C23H25Cl2N5O. The van der Waals surface area contributed by atoms with Crippen molar-refractivity contribution in [2.45, 2.75) is 32.7 Å². The van der Waals surface area contributed by atoms with E-state index in [1.54, 1.807) is 12.3 Å². The number of fused-ring (bicyclic) bond motifs is 2. The predicted molar refractivity (Wildman–Crippen MR) is 122 cm³/mol. The number of rotatable bonds is 6. The lowest BCUT2D eigenvalue weighted by atomic mass is 9.82. The van der Waals surface area contributed by atoms with Gasteiger partial charge in [0, 0.05) is 43.0 Å². The average Bonchev–Trinajstić information content (AvgIpc) is 3.23. The molecular weight excluding hydrogens is 433 g/mol. The lowest BCUT2D eigenvalue weighted by Crippen LogP contribution is -2.42. The fourth-order valence-corrected chi connectivity index (χ4v) is 5.40. The van der Waals surface area contributed by atoms with Crippen molar-refractivity contribution in [2.24, 2.45) is 17.8 Å².